The summed E-state index contributed by atoms with van der Waals surface area (Å²) in [5, 5.41) is 0. The lowest BCUT2D eigenvalue weighted by Gasteiger charge is -2.40. The summed E-state index contributed by atoms with van der Waals surface area (Å²) in [5.41, 5.74) is -6.18. The van der Waals surface area contributed by atoms with Gasteiger partial charge in [0.25, 0.3) is 17.7 Å². The van der Waals surface area contributed by atoms with Gasteiger partial charge >= 0.3 is 18.5 Å². The summed E-state index contributed by atoms with van der Waals surface area (Å²) in [6.07, 6.45) is -26.2. The second-order valence-corrected chi connectivity index (χ2v) is 4.20. The van der Waals surface area contributed by atoms with Crippen LogP contribution >= 0.6 is 0 Å². The Balaban J connectivity index is 5.81. The van der Waals surface area contributed by atoms with E-state index in [9.17, 15) is 57.1 Å². The summed E-state index contributed by atoms with van der Waals surface area (Å²) in [6.45, 7) is -5.87. The molecule has 0 aliphatic carbocycles. The van der Waals surface area contributed by atoms with E-state index in [0.717, 1.165) is 0 Å². The van der Waals surface area contributed by atoms with Crippen molar-refractivity contribution in [1.82, 2.24) is 0 Å². The van der Waals surface area contributed by atoms with Gasteiger partial charge < -0.3 is 4.74 Å². The quantitative estimate of drug-likeness (QED) is 0.606. The maximum Gasteiger partial charge on any atom is 0.430 e. The van der Waals surface area contributed by atoms with Crippen molar-refractivity contribution < 1.29 is 61.8 Å². The summed E-state index contributed by atoms with van der Waals surface area (Å²) in [6, 6.07) is 0. The van der Waals surface area contributed by atoms with Crippen molar-refractivity contribution in [3.8, 4) is 0 Å². The normalized spacial score (nSPS) is 20.7. The van der Waals surface area contributed by atoms with Gasteiger partial charge in [0.05, 0.1) is 13.0 Å². The maximum atomic E-state index is 13.8. The summed E-state index contributed by atoms with van der Waals surface area (Å²) >= 11 is 0. The van der Waals surface area contributed by atoms with Gasteiger partial charge in [-0.3, -0.25) is 0 Å². The van der Waals surface area contributed by atoms with Gasteiger partial charge in [-0.2, -0.15) is 39.5 Å². The first-order valence-electron chi connectivity index (χ1n) is 5.34. The monoisotopic (exact) mass is 378 g/mol. The molecule has 0 N–H and O–H groups in total. The Morgan fingerprint density at radius 2 is 1.22 bits per heavy atom. The molecule has 140 valence electrons. The minimum atomic E-state index is -6.75. The van der Waals surface area contributed by atoms with Gasteiger partial charge in [-0.15, -0.1) is 0 Å². The zero-order valence-electron chi connectivity index (χ0n) is 10.5. The molecule has 3 atom stereocenters. The zero-order valence-corrected chi connectivity index (χ0v) is 10.5. The molecule has 3 unspecified atom stereocenters. The second-order valence-electron chi connectivity index (χ2n) is 4.20. The van der Waals surface area contributed by atoms with Gasteiger partial charge in [0.1, 0.15) is 6.67 Å². The summed E-state index contributed by atoms with van der Waals surface area (Å²) in [5.74, 6) is -6.11. The zero-order chi connectivity index (χ0) is 18.9. The van der Waals surface area contributed by atoms with Crippen molar-refractivity contribution in [2.45, 2.75) is 42.6 Å². The average molecular weight is 378 g/mol. The second kappa shape index (κ2) is 6.51. The molecule has 0 aromatic heterocycles. The Hall–Kier alpha value is -0.950. The van der Waals surface area contributed by atoms with Gasteiger partial charge in [-0.25, -0.2) is 17.6 Å². The first kappa shape index (κ1) is 22.1. The molecule has 14 heteroatoms. The number of alkyl halides is 13. The molecule has 0 spiro atoms. The molecule has 0 amide bonds. The van der Waals surface area contributed by atoms with Crippen LogP contribution in [0.4, 0.5) is 57.1 Å². The van der Waals surface area contributed by atoms with Gasteiger partial charge in [0, 0.05) is 0 Å². The van der Waals surface area contributed by atoms with Gasteiger partial charge in [0.15, 0.2) is 0 Å². The fraction of sp³-hybridized carbons (Fsp3) is 1.00. The molecule has 0 heterocycles. The highest BCUT2D eigenvalue weighted by molar-refractivity contribution is 5.06. The number of rotatable bonds is 6. The van der Waals surface area contributed by atoms with E-state index in [0.29, 0.717) is 0 Å². The van der Waals surface area contributed by atoms with Crippen LogP contribution in [-0.4, -0.2) is 49.5 Å². The summed E-state index contributed by atoms with van der Waals surface area (Å²) in [4.78, 5) is 0. The first-order chi connectivity index (χ1) is 9.92. The van der Waals surface area contributed by atoms with E-state index >= 15 is 0 Å². The number of ether oxygens (including phenoxy) is 1. The molecule has 0 saturated heterocycles. The molecule has 0 fully saturated rings. The smallest absolute Gasteiger partial charge is 0.340 e. The van der Waals surface area contributed by atoms with Crippen molar-refractivity contribution in [3.05, 3.63) is 0 Å². The highest BCUT2D eigenvalue weighted by Crippen LogP contribution is 2.51. The molecule has 0 saturated carbocycles. The van der Waals surface area contributed by atoms with Crippen LogP contribution in [0.2, 0.25) is 0 Å². The lowest BCUT2D eigenvalue weighted by atomic mass is 9.92. The fourth-order valence-electron chi connectivity index (χ4n) is 1.27. The topological polar surface area (TPSA) is 9.23 Å². The molecular formula is C9H7F13O. The van der Waals surface area contributed by atoms with E-state index in [1.165, 1.54) is 0 Å². The maximum absolute atomic E-state index is 13.8. The van der Waals surface area contributed by atoms with Crippen LogP contribution in [-0.2, 0) is 4.74 Å². The Morgan fingerprint density at radius 1 is 0.783 bits per heavy atom. The van der Waals surface area contributed by atoms with Crippen LogP contribution in [0.25, 0.3) is 0 Å². The van der Waals surface area contributed by atoms with Crippen LogP contribution in [0.1, 0.15) is 6.42 Å². The van der Waals surface area contributed by atoms with Crippen LogP contribution < -0.4 is 0 Å². The molecule has 23 heavy (non-hydrogen) atoms. The molecule has 0 aliphatic heterocycles. The predicted octanol–water partition coefficient (Wildman–Crippen LogP) is 4.76. The highest BCUT2D eigenvalue weighted by atomic mass is 19.4. The molecule has 0 aromatic rings. The molecule has 0 bridgehead atoms. The first-order valence-corrected chi connectivity index (χ1v) is 5.34. The van der Waals surface area contributed by atoms with E-state index in [1.54, 1.807) is 0 Å². The largest absolute Gasteiger partial charge is 0.430 e. The highest BCUT2D eigenvalue weighted by Gasteiger charge is 2.78. The fourth-order valence-corrected chi connectivity index (χ4v) is 1.27. The van der Waals surface area contributed by atoms with Crippen LogP contribution in [0.15, 0.2) is 0 Å². The lowest BCUT2D eigenvalue weighted by molar-refractivity contribution is -0.383. The van der Waals surface area contributed by atoms with Crippen LogP contribution in [0.3, 0.4) is 0 Å². The third kappa shape index (κ3) is 4.76. The third-order valence-corrected chi connectivity index (χ3v) is 2.48. The van der Waals surface area contributed by atoms with Gasteiger partial charge in [0.2, 0.25) is 0 Å². The average Bonchev–Trinajstić information content (AvgIpc) is 2.32. The molecule has 0 aromatic carbocycles. The number of hydrogen-bond donors (Lipinski definition) is 0. The predicted molar refractivity (Wildman–Crippen MR) is 47.3 cm³/mol. The van der Waals surface area contributed by atoms with Gasteiger partial charge in [-0.1, -0.05) is 0 Å². The van der Waals surface area contributed by atoms with Crippen molar-refractivity contribution in [1.29, 1.82) is 0 Å². The van der Waals surface area contributed by atoms with Crippen molar-refractivity contribution in [3.63, 3.8) is 0 Å². The van der Waals surface area contributed by atoms with E-state index in [2.05, 4.69) is 4.74 Å². The summed E-state index contributed by atoms with van der Waals surface area (Å²) < 4.78 is 164. The molecule has 1 nitrogen and oxygen atoms in total. The number of halogens is 13. The Labute approximate surface area is 119 Å². The van der Waals surface area contributed by atoms with Gasteiger partial charge in [-0.05, 0) is 0 Å². The lowest BCUT2D eigenvalue weighted by Crippen LogP contribution is -2.67. The number of hydrogen-bond acceptors (Lipinski definition) is 1. The summed E-state index contributed by atoms with van der Waals surface area (Å²) in [7, 11) is 0. The van der Waals surface area contributed by atoms with E-state index < -0.39 is 55.9 Å². The minimum Gasteiger partial charge on any atom is -0.340 e. The van der Waals surface area contributed by atoms with E-state index in [4.69, 9.17) is 0 Å². The molecule has 0 aliphatic rings. The van der Waals surface area contributed by atoms with Crippen molar-refractivity contribution >= 4 is 0 Å². The van der Waals surface area contributed by atoms with Crippen LogP contribution in [0, 0.1) is 0 Å². The molecule has 0 rings (SSSR count). The standard InChI is InChI=1S/C9H7F13O/c10-3-5(12,9(20,21)22)7(16,4(11)8(17,18)19)23-2-1-6(13,14)15/h4H,1-3H2. The molecular weight excluding hydrogens is 371 g/mol. The Kier molecular flexibility index (Phi) is 6.24. The Bertz CT molecular complexity index is 384. The Morgan fingerprint density at radius 3 is 1.48 bits per heavy atom. The SMILES string of the molecule is FCC(F)(C(F)(F)F)C(F)(OCCC(F)(F)F)C(F)C(F)(F)F. The third-order valence-electron chi connectivity index (χ3n) is 2.48. The van der Waals surface area contributed by atoms with Crippen molar-refractivity contribution in [2.75, 3.05) is 13.3 Å². The molecule has 0 radical (unpaired) electrons. The minimum absolute atomic E-state index is 2.31. The van der Waals surface area contributed by atoms with E-state index in [-0.39, 0.29) is 0 Å². The van der Waals surface area contributed by atoms with Crippen LogP contribution in [0.5, 0.6) is 0 Å². The van der Waals surface area contributed by atoms with Crippen molar-refractivity contribution in [2.24, 2.45) is 0 Å². The van der Waals surface area contributed by atoms with E-state index in [1.807, 2.05) is 0 Å².